The van der Waals surface area contributed by atoms with E-state index in [4.69, 9.17) is 25.8 Å². The number of carbonyl (C=O) groups excluding carboxylic acids is 1. The van der Waals surface area contributed by atoms with Crippen LogP contribution in [0, 0.1) is 0 Å². The second-order valence-corrected chi connectivity index (χ2v) is 5.30. The largest absolute Gasteiger partial charge is 0.493 e. The zero-order chi connectivity index (χ0) is 17.4. The van der Waals surface area contributed by atoms with Crippen LogP contribution >= 0.6 is 11.6 Å². The summed E-state index contributed by atoms with van der Waals surface area (Å²) < 4.78 is 16.0. The van der Waals surface area contributed by atoms with E-state index in [0.717, 1.165) is 11.1 Å². The van der Waals surface area contributed by atoms with Gasteiger partial charge in [0.2, 0.25) is 0 Å². The Morgan fingerprint density at radius 3 is 2.62 bits per heavy atom. The lowest BCUT2D eigenvalue weighted by Gasteiger charge is -2.13. The van der Waals surface area contributed by atoms with Crippen molar-refractivity contribution in [3.8, 4) is 11.5 Å². The van der Waals surface area contributed by atoms with Gasteiger partial charge in [0, 0.05) is 6.08 Å². The van der Waals surface area contributed by atoms with Crippen molar-refractivity contribution in [2.24, 2.45) is 0 Å². The highest BCUT2D eigenvalue weighted by atomic mass is 35.5. The molecule has 2 aromatic rings. The summed E-state index contributed by atoms with van der Waals surface area (Å²) in [6.45, 7) is 2.47. The number of hydrogen-bond donors (Lipinski definition) is 0. The number of halogens is 1. The Morgan fingerprint density at radius 1 is 1.21 bits per heavy atom. The van der Waals surface area contributed by atoms with E-state index in [1.807, 2.05) is 30.3 Å². The predicted molar refractivity (Wildman–Crippen MR) is 94.4 cm³/mol. The van der Waals surface area contributed by atoms with Crippen LogP contribution in [-0.2, 0) is 16.1 Å². The third kappa shape index (κ3) is 5.03. The third-order valence-corrected chi connectivity index (χ3v) is 3.46. The Kier molecular flexibility index (Phi) is 6.70. The van der Waals surface area contributed by atoms with Crippen molar-refractivity contribution in [2.45, 2.75) is 13.5 Å². The van der Waals surface area contributed by atoms with Crippen LogP contribution in [0.2, 0.25) is 5.02 Å². The maximum absolute atomic E-state index is 11.4. The van der Waals surface area contributed by atoms with Gasteiger partial charge in [0.1, 0.15) is 6.61 Å². The molecule has 0 saturated heterocycles. The number of rotatable bonds is 7. The van der Waals surface area contributed by atoms with Crippen LogP contribution in [0.1, 0.15) is 18.1 Å². The average Bonchev–Trinajstić information content (AvgIpc) is 2.59. The summed E-state index contributed by atoms with van der Waals surface area (Å²) >= 11 is 6.30. The Morgan fingerprint density at radius 2 is 1.96 bits per heavy atom. The van der Waals surface area contributed by atoms with Crippen LogP contribution in [0.25, 0.3) is 6.08 Å². The summed E-state index contributed by atoms with van der Waals surface area (Å²) in [7, 11) is 1.54. The lowest BCUT2D eigenvalue weighted by molar-refractivity contribution is -0.137. The second-order valence-electron chi connectivity index (χ2n) is 4.89. The molecule has 0 aliphatic carbocycles. The molecule has 2 rings (SSSR count). The topological polar surface area (TPSA) is 44.8 Å². The number of carbonyl (C=O) groups is 1. The van der Waals surface area contributed by atoms with Gasteiger partial charge in [-0.3, -0.25) is 0 Å². The van der Waals surface area contributed by atoms with Crippen molar-refractivity contribution in [3.05, 3.63) is 64.7 Å². The summed E-state index contributed by atoms with van der Waals surface area (Å²) in [5.74, 6) is 0.565. The highest BCUT2D eigenvalue weighted by Gasteiger charge is 2.11. The molecule has 4 nitrogen and oxygen atoms in total. The summed E-state index contributed by atoms with van der Waals surface area (Å²) in [6.07, 6.45) is 2.96. The number of methoxy groups -OCH3 is 1. The van der Waals surface area contributed by atoms with Gasteiger partial charge in [-0.2, -0.15) is 0 Å². The molecule has 0 radical (unpaired) electrons. The molecule has 0 atom stereocenters. The van der Waals surface area contributed by atoms with E-state index in [-0.39, 0.29) is 0 Å². The Bertz CT molecular complexity index is 711. The maximum Gasteiger partial charge on any atom is 0.330 e. The predicted octanol–water partition coefficient (Wildman–Crippen LogP) is 4.50. The Balaban J connectivity index is 2.16. The average molecular weight is 347 g/mol. The molecule has 0 aliphatic heterocycles. The first-order chi connectivity index (χ1) is 11.6. The van der Waals surface area contributed by atoms with Crippen LogP contribution in [0.3, 0.4) is 0 Å². The third-order valence-electron chi connectivity index (χ3n) is 3.18. The first-order valence-electron chi connectivity index (χ1n) is 7.53. The molecule has 0 N–H and O–H groups in total. The molecular weight excluding hydrogens is 328 g/mol. The van der Waals surface area contributed by atoms with E-state index in [2.05, 4.69) is 0 Å². The summed E-state index contributed by atoms with van der Waals surface area (Å²) in [5.41, 5.74) is 1.75. The number of esters is 1. The lowest BCUT2D eigenvalue weighted by atomic mass is 10.2. The number of hydrogen-bond acceptors (Lipinski definition) is 4. The molecule has 0 saturated carbocycles. The molecule has 0 heterocycles. The smallest absolute Gasteiger partial charge is 0.330 e. The van der Waals surface area contributed by atoms with Gasteiger partial charge in [0.25, 0.3) is 0 Å². The first kappa shape index (κ1) is 17.9. The minimum atomic E-state index is -0.406. The molecule has 2 aromatic carbocycles. The zero-order valence-electron chi connectivity index (χ0n) is 13.6. The molecule has 0 aromatic heterocycles. The minimum Gasteiger partial charge on any atom is -0.493 e. The molecule has 0 spiro atoms. The highest BCUT2D eigenvalue weighted by Crippen LogP contribution is 2.37. The van der Waals surface area contributed by atoms with Crippen LogP contribution in [-0.4, -0.2) is 19.7 Å². The van der Waals surface area contributed by atoms with Crippen LogP contribution in [0.4, 0.5) is 0 Å². The van der Waals surface area contributed by atoms with Crippen LogP contribution in [0.5, 0.6) is 11.5 Å². The molecule has 0 amide bonds. The lowest BCUT2D eigenvalue weighted by Crippen LogP contribution is -2.00. The van der Waals surface area contributed by atoms with Gasteiger partial charge in [0.15, 0.2) is 11.5 Å². The van der Waals surface area contributed by atoms with Crippen molar-refractivity contribution < 1.29 is 19.0 Å². The summed E-state index contributed by atoms with van der Waals surface area (Å²) in [6, 6.07) is 13.2. The van der Waals surface area contributed by atoms with E-state index in [9.17, 15) is 4.79 Å². The summed E-state index contributed by atoms with van der Waals surface area (Å²) in [4.78, 5) is 11.4. The van der Waals surface area contributed by atoms with Crippen LogP contribution < -0.4 is 9.47 Å². The molecular formula is C19H19ClO4. The maximum atomic E-state index is 11.4. The van der Waals surface area contributed by atoms with Crippen molar-refractivity contribution in [2.75, 3.05) is 13.7 Å². The Hall–Kier alpha value is -2.46. The zero-order valence-corrected chi connectivity index (χ0v) is 14.4. The van der Waals surface area contributed by atoms with Crippen molar-refractivity contribution in [1.29, 1.82) is 0 Å². The highest BCUT2D eigenvalue weighted by molar-refractivity contribution is 6.32. The van der Waals surface area contributed by atoms with E-state index >= 15 is 0 Å². The normalized spacial score (nSPS) is 10.6. The number of benzene rings is 2. The quantitative estimate of drug-likeness (QED) is 0.547. The fourth-order valence-electron chi connectivity index (χ4n) is 2.06. The van der Waals surface area contributed by atoms with Gasteiger partial charge in [-0.15, -0.1) is 0 Å². The fourth-order valence-corrected chi connectivity index (χ4v) is 2.33. The van der Waals surface area contributed by atoms with Gasteiger partial charge in [-0.05, 0) is 36.3 Å². The van der Waals surface area contributed by atoms with E-state index in [1.54, 1.807) is 32.2 Å². The van der Waals surface area contributed by atoms with E-state index in [1.165, 1.54) is 6.08 Å². The van der Waals surface area contributed by atoms with Gasteiger partial charge in [-0.25, -0.2) is 4.79 Å². The first-order valence-corrected chi connectivity index (χ1v) is 7.91. The molecule has 0 bridgehead atoms. The standard InChI is InChI=1S/C19H19ClO4/c1-3-23-18(21)10-9-15-11-16(20)19(17(12-15)22-2)24-13-14-7-5-4-6-8-14/h4-12H,3,13H2,1-2H3/b10-9+. The molecule has 5 heteroatoms. The molecule has 0 aliphatic rings. The number of ether oxygens (including phenoxy) is 3. The van der Waals surface area contributed by atoms with Crippen LogP contribution in [0.15, 0.2) is 48.5 Å². The van der Waals surface area contributed by atoms with Crippen molar-refractivity contribution in [3.63, 3.8) is 0 Å². The second kappa shape index (κ2) is 8.99. The molecule has 24 heavy (non-hydrogen) atoms. The summed E-state index contributed by atoms with van der Waals surface area (Å²) in [5, 5.41) is 0.411. The molecule has 0 unspecified atom stereocenters. The monoisotopic (exact) mass is 346 g/mol. The van der Waals surface area contributed by atoms with Crippen molar-refractivity contribution >= 4 is 23.6 Å². The van der Waals surface area contributed by atoms with Crippen molar-refractivity contribution in [1.82, 2.24) is 0 Å². The Labute approximate surface area is 146 Å². The van der Waals surface area contributed by atoms with Gasteiger partial charge >= 0.3 is 5.97 Å². The fraction of sp³-hybridized carbons (Fsp3) is 0.211. The SMILES string of the molecule is CCOC(=O)/C=C/c1cc(Cl)c(OCc2ccccc2)c(OC)c1. The van der Waals surface area contributed by atoms with Gasteiger partial charge in [-0.1, -0.05) is 41.9 Å². The molecule has 0 fully saturated rings. The van der Waals surface area contributed by atoms with Gasteiger partial charge in [0.05, 0.1) is 18.7 Å². The van der Waals surface area contributed by atoms with Gasteiger partial charge < -0.3 is 14.2 Å². The van der Waals surface area contributed by atoms with E-state index < -0.39 is 5.97 Å². The minimum absolute atomic E-state index is 0.333. The van der Waals surface area contributed by atoms with E-state index in [0.29, 0.717) is 29.7 Å². The molecule has 126 valence electrons.